The summed E-state index contributed by atoms with van der Waals surface area (Å²) >= 11 is 7.26. The van der Waals surface area contributed by atoms with Crippen LogP contribution >= 0.6 is 22.9 Å². The summed E-state index contributed by atoms with van der Waals surface area (Å²) in [6, 6.07) is 6.50. The first-order valence-electron chi connectivity index (χ1n) is 7.80. The topological polar surface area (TPSA) is 68.3 Å². The van der Waals surface area contributed by atoms with Gasteiger partial charge in [-0.2, -0.15) is 0 Å². The van der Waals surface area contributed by atoms with Crippen molar-refractivity contribution < 1.29 is 14.3 Å². The number of amides is 1. The fraction of sp³-hybridized carbons (Fsp3) is 0.389. The Labute approximate surface area is 156 Å². The number of ether oxygens (including phenoxy) is 1. The van der Waals surface area contributed by atoms with Gasteiger partial charge in [0.2, 0.25) is 0 Å². The zero-order chi connectivity index (χ0) is 18.6. The summed E-state index contributed by atoms with van der Waals surface area (Å²) in [7, 11) is 1.32. The van der Waals surface area contributed by atoms with Crippen LogP contribution in [0.1, 0.15) is 53.5 Å². The van der Waals surface area contributed by atoms with E-state index < -0.39 is 12.0 Å². The average molecular weight is 381 g/mol. The first kappa shape index (κ1) is 19.4. The second-order valence-corrected chi connectivity index (χ2v) is 8.10. The van der Waals surface area contributed by atoms with Crippen LogP contribution in [0.3, 0.4) is 0 Å². The molecule has 0 aliphatic carbocycles. The average Bonchev–Trinajstić information content (AvgIpc) is 3.05. The Morgan fingerprint density at radius 1 is 1.28 bits per heavy atom. The molecule has 1 atom stereocenters. The highest BCUT2D eigenvalue weighted by Gasteiger charge is 2.23. The Bertz CT molecular complexity index is 750. The number of halogens is 1. The zero-order valence-electron chi connectivity index (χ0n) is 14.6. The molecule has 0 aliphatic rings. The lowest BCUT2D eigenvalue weighted by atomic mass is 9.98. The molecule has 0 fully saturated rings. The van der Waals surface area contributed by atoms with Gasteiger partial charge in [0.15, 0.2) is 0 Å². The minimum absolute atomic E-state index is 0.0365. The third-order valence-electron chi connectivity index (χ3n) is 3.55. The number of aromatic nitrogens is 1. The molecule has 134 valence electrons. The van der Waals surface area contributed by atoms with Crippen LogP contribution in [0.2, 0.25) is 5.02 Å². The van der Waals surface area contributed by atoms with E-state index in [1.807, 2.05) is 20.8 Å². The fourth-order valence-electron chi connectivity index (χ4n) is 2.15. The second-order valence-electron chi connectivity index (χ2n) is 6.64. The smallest absolute Gasteiger partial charge is 0.307 e. The Morgan fingerprint density at radius 3 is 2.44 bits per heavy atom. The SMILES string of the molecule is COC(=O)CC(NC(=O)c1cnc(C(C)(C)C)s1)c1ccc(Cl)cc1. The van der Waals surface area contributed by atoms with E-state index in [1.165, 1.54) is 18.4 Å². The quantitative estimate of drug-likeness (QED) is 0.792. The predicted molar refractivity (Wildman–Crippen MR) is 99.1 cm³/mol. The molecule has 0 bridgehead atoms. The molecule has 2 rings (SSSR count). The molecule has 1 aromatic heterocycles. The van der Waals surface area contributed by atoms with Crippen LogP contribution in [-0.4, -0.2) is 24.0 Å². The van der Waals surface area contributed by atoms with Crippen LogP contribution in [0.25, 0.3) is 0 Å². The summed E-state index contributed by atoms with van der Waals surface area (Å²) in [5.41, 5.74) is 0.661. The van der Waals surface area contributed by atoms with Gasteiger partial charge in [-0.1, -0.05) is 44.5 Å². The molecule has 0 spiro atoms. The normalized spacial score (nSPS) is 12.5. The maximum atomic E-state index is 12.6. The highest BCUT2D eigenvalue weighted by atomic mass is 35.5. The third kappa shape index (κ3) is 5.28. The van der Waals surface area contributed by atoms with E-state index in [4.69, 9.17) is 16.3 Å². The summed E-state index contributed by atoms with van der Waals surface area (Å²) in [6.45, 7) is 6.13. The van der Waals surface area contributed by atoms with Crippen molar-refractivity contribution in [3.05, 3.63) is 50.9 Å². The van der Waals surface area contributed by atoms with E-state index in [1.54, 1.807) is 30.5 Å². The molecule has 7 heteroatoms. The molecule has 1 amide bonds. The summed E-state index contributed by atoms with van der Waals surface area (Å²) in [6.07, 6.45) is 1.60. The maximum Gasteiger partial charge on any atom is 0.307 e. The predicted octanol–water partition coefficient (Wildman–Crippen LogP) is 4.13. The standard InChI is InChI=1S/C18H21ClN2O3S/c1-18(2,3)17-20-10-14(25-17)16(23)21-13(9-15(22)24-4)11-5-7-12(19)8-6-11/h5-8,10,13H,9H2,1-4H3,(H,21,23). The van der Waals surface area contributed by atoms with Crippen molar-refractivity contribution in [1.29, 1.82) is 0 Å². The van der Waals surface area contributed by atoms with Gasteiger partial charge in [0.25, 0.3) is 5.91 Å². The minimum atomic E-state index is -0.502. The Hall–Kier alpha value is -1.92. The Morgan fingerprint density at radius 2 is 1.92 bits per heavy atom. The number of esters is 1. The number of thiazole rings is 1. The van der Waals surface area contributed by atoms with Crippen molar-refractivity contribution in [1.82, 2.24) is 10.3 Å². The lowest BCUT2D eigenvalue weighted by Gasteiger charge is -2.18. The third-order valence-corrected chi connectivity index (χ3v) is 5.22. The lowest BCUT2D eigenvalue weighted by molar-refractivity contribution is -0.141. The van der Waals surface area contributed by atoms with Gasteiger partial charge in [-0.05, 0) is 17.7 Å². The van der Waals surface area contributed by atoms with Crippen LogP contribution in [-0.2, 0) is 14.9 Å². The molecule has 1 unspecified atom stereocenters. The number of methoxy groups -OCH3 is 1. The molecular weight excluding hydrogens is 360 g/mol. The van der Waals surface area contributed by atoms with Crippen LogP contribution < -0.4 is 5.32 Å². The van der Waals surface area contributed by atoms with Gasteiger partial charge >= 0.3 is 5.97 Å². The first-order chi connectivity index (χ1) is 11.7. The molecule has 0 radical (unpaired) electrons. The van der Waals surface area contributed by atoms with E-state index in [0.29, 0.717) is 9.90 Å². The van der Waals surface area contributed by atoms with E-state index >= 15 is 0 Å². The van der Waals surface area contributed by atoms with Gasteiger partial charge in [-0.25, -0.2) is 4.98 Å². The fourth-order valence-corrected chi connectivity index (χ4v) is 3.16. The van der Waals surface area contributed by atoms with E-state index in [2.05, 4.69) is 10.3 Å². The summed E-state index contributed by atoms with van der Waals surface area (Å²) in [4.78, 5) is 29.1. The van der Waals surface area contributed by atoms with Gasteiger partial charge in [0, 0.05) is 10.4 Å². The monoisotopic (exact) mass is 380 g/mol. The molecule has 0 aliphatic heterocycles. The van der Waals surface area contributed by atoms with Crippen LogP contribution in [0.5, 0.6) is 0 Å². The number of benzene rings is 1. The van der Waals surface area contributed by atoms with Crippen molar-refractivity contribution >= 4 is 34.8 Å². The molecule has 0 saturated heterocycles. The van der Waals surface area contributed by atoms with Crippen molar-refractivity contribution in [3.63, 3.8) is 0 Å². The number of hydrogen-bond acceptors (Lipinski definition) is 5. The first-order valence-corrected chi connectivity index (χ1v) is 8.99. The molecule has 1 N–H and O–H groups in total. The summed E-state index contributed by atoms with van der Waals surface area (Å²) in [5, 5.41) is 4.36. The van der Waals surface area contributed by atoms with E-state index in [-0.39, 0.29) is 17.7 Å². The highest BCUT2D eigenvalue weighted by molar-refractivity contribution is 7.13. The highest BCUT2D eigenvalue weighted by Crippen LogP contribution is 2.27. The zero-order valence-corrected chi connectivity index (χ0v) is 16.2. The van der Waals surface area contributed by atoms with Crippen molar-refractivity contribution in [2.75, 3.05) is 7.11 Å². The number of hydrogen-bond donors (Lipinski definition) is 1. The molecule has 1 aromatic carbocycles. The molecule has 0 saturated carbocycles. The van der Waals surface area contributed by atoms with Gasteiger partial charge < -0.3 is 10.1 Å². The van der Waals surface area contributed by atoms with Gasteiger partial charge in [-0.15, -0.1) is 11.3 Å². The number of carbonyl (C=O) groups excluding carboxylic acids is 2. The van der Waals surface area contributed by atoms with Gasteiger partial charge in [-0.3, -0.25) is 9.59 Å². The summed E-state index contributed by atoms with van der Waals surface area (Å²) < 4.78 is 4.74. The maximum absolute atomic E-state index is 12.6. The number of nitrogens with zero attached hydrogens (tertiary/aromatic N) is 1. The molecular formula is C18H21ClN2O3S. The van der Waals surface area contributed by atoms with E-state index in [0.717, 1.165) is 10.6 Å². The van der Waals surface area contributed by atoms with E-state index in [9.17, 15) is 9.59 Å². The van der Waals surface area contributed by atoms with Crippen LogP contribution in [0.4, 0.5) is 0 Å². The van der Waals surface area contributed by atoms with Gasteiger partial charge in [0.1, 0.15) is 4.88 Å². The lowest BCUT2D eigenvalue weighted by Crippen LogP contribution is -2.30. The van der Waals surface area contributed by atoms with Crippen LogP contribution in [0, 0.1) is 0 Å². The molecule has 25 heavy (non-hydrogen) atoms. The second kappa shape index (κ2) is 7.97. The number of carbonyl (C=O) groups is 2. The summed E-state index contributed by atoms with van der Waals surface area (Å²) in [5.74, 6) is -0.670. The Balaban J connectivity index is 2.20. The van der Waals surface area contributed by atoms with Gasteiger partial charge in [0.05, 0.1) is 30.8 Å². The largest absolute Gasteiger partial charge is 0.469 e. The molecule has 5 nitrogen and oxygen atoms in total. The molecule has 1 heterocycles. The Kier molecular flexibility index (Phi) is 6.19. The van der Waals surface area contributed by atoms with Crippen molar-refractivity contribution in [3.8, 4) is 0 Å². The van der Waals surface area contributed by atoms with Crippen molar-refractivity contribution in [2.45, 2.75) is 38.6 Å². The van der Waals surface area contributed by atoms with Crippen molar-refractivity contribution in [2.24, 2.45) is 0 Å². The van der Waals surface area contributed by atoms with Crippen LogP contribution in [0.15, 0.2) is 30.5 Å². The minimum Gasteiger partial charge on any atom is -0.469 e. The molecule has 2 aromatic rings. The number of nitrogens with one attached hydrogen (secondary N) is 1. The number of rotatable bonds is 5.